The molecule has 1 N–H and O–H groups in total. The number of rotatable bonds is 7. The molecule has 1 aromatic carbocycles. The van der Waals surface area contributed by atoms with Crippen LogP contribution in [0, 0.1) is 13.8 Å². The summed E-state index contributed by atoms with van der Waals surface area (Å²) in [5.41, 5.74) is 2.06. The van der Waals surface area contributed by atoms with E-state index in [2.05, 4.69) is 16.6 Å². The van der Waals surface area contributed by atoms with Crippen molar-refractivity contribution in [1.29, 1.82) is 0 Å². The topological polar surface area (TPSA) is 68.3 Å². The van der Waals surface area contributed by atoms with Crippen molar-refractivity contribution >= 4 is 26.5 Å². The lowest BCUT2D eigenvalue weighted by atomic mass is 10.2. The molecule has 1 aromatic heterocycles. The highest BCUT2D eigenvalue weighted by atomic mass is 32.2. The highest BCUT2D eigenvalue weighted by Crippen LogP contribution is 2.22. The summed E-state index contributed by atoms with van der Waals surface area (Å²) in [6, 6.07) is 7.66. The summed E-state index contributed by atoms with van der Waals surface area (Å²) in [5.74, 6) is 0.563. The number of nitrogens with one attached hydrogen (secondary N) is 1. The van der Waals surface area contributed by atoms with Gasteiger partial charge < -0.3 is 4.74 Å². The third kappa shape index (κ3) is 4.71. The van der Waals surface area contributed by atoms with E-state index in [-0.39, 0.29) is 12.4 Å². The molecule has 2 rings (SSSR count). The minimum atomic E-state index is -3.45. The Morgan fingerprint density at radius 3 is 2.45 bits per heavy atom. The van der Waals surface area contributed by atoms with Crippen LogP contribution in [-0.2, 0) is 16.4 Å². The van der Waals surface area contributed by atoms with E-state index in [0.717, 1.165) is 17.0 Å². The van der Waals surface area contributed by atoms with Gasteiger partial charge in [-0.2, -0.15) is 0 Å². The van der Waals surface area contributed by atoms with Crippen LogP contribution >= 0.6 is 11.3 Å². The minimum Gasteiger partial charge on any atom is -0.492 e. The van der Waals surface area contributed by atoms with Gasteiger partial charge in [-0.1, -0.05) is 19.1 Å². The number of hydrogen-bond donors (Lipinski definition) is 1. The molecular formula is C15H20N2O3S2. The molecule has 2 aromatic rings. The molecule has 0 bridgehead atoms. The van der Waals surface area contributed by atoms with Gasteiger partial charge in [-0.05, 0) is 38.0 Å². The zero-order valence-electron chi connectivity index (χ0n) is 12.9. The van der Waals surface area contributed by atoms with Gasteiger partial charge in [0.15, 0.2) is 5.13 Å². The first-order valence-electron chi connectivity index (χ1n) is 7.06. The summed E-state index contributed by atoms with van der Waals surface area (Å²) in [6.45, 7) is 5.95. The Balaban J connectivity index is 1.86. The van der Waals surface area contributed by atoms with Crippen LogP contribution < -0.4 is 9.46 Å². The number of hydrogen-bond acceptors (Lipinski definition) is 5. The van der Waals surface area contributed by atoms with Crippen LogP contribution in [0.25, 0.3) is 0 Å². The van der Waals surface area contributed by atoms with E-state index in [1.165, 1.54) is 16.9 Å². The molecule has 0 unspecified atom stereocenters. The molecule has 5 nitrogen and oxygen atoms in total. The lowest BCUT2D eigenvalue weighted by Gasteiger charge is -2.08. The minimum absolute atomic E-state index is 0.101. The van der Waals surface area contributed by atoms with E-state index in [1.54, 1.807) is 0 Å². The Bertz CT molecular complexity index is 702. The second-order valence-corrected chi connectivity index (χ2v) is 7.97. The largest absolute Gasteiger partial charge is 0.492 e. The fourth-order valence-electron chi connectivity index (χ4n) is 1.79. The number of aryl methyl sites for hydroxylation is 3. The normalized spacial score (nSPS) is 11.4. The summed E-state index contributed by atoms with van der Waals surface area (Å²) >= 11 is 1.33. The lowest BCUT2D eigenvalue weighted by molar-refractivity contribution is 0.341. The number of ether oxygens (including phenoxy) is 1. The van der Waals surface area contributed by atoms with Crippen molar-refractivity contribution in [2.24, 2.45) is 0 Å². The fourth-order valence-corrected chi connectivity index (χ4v) is 3.72. The zero-order chi connectivity index (χ0) is 16.2. The van der Waals surface area contributed by atoms with Crippen molar-refractivity contribution in [2.45, 2.75) is 27.2 Å². The predicted octanol–water partition coefficient (Wildman–Crippen LogP) is 3.14. The van der Waals surface area contributed by atoms with Crippen LogP contribution in [0.4, 0.5) is 5.13 Å². The van der Waals surface area contributed by atoms with Gasteiger partial charge in [0.1, 0.15) is 18.1 Å². The van der Waals surface area contributed by atoms with E-state index in [9.17, 15) is 8.42 Å². The highest BCUT2D eigenvalue weighted by molar-refractivity contribution is 7.92. The maximum absolute atomic E-state index is 12.0. The smallest absolute Gasteiger partial charge is 0.237 e. The number of aromatic nitrogens is 1. The van der Waals surface area contributed by atoms with E-state index < -0.39 is 10.0 Å². The number of sulfonamides is 1. The molecule has 0 saturated heterocycles. The predicted molar refractivity (Wildman–Crippen MR) is 90.3 cm³/mol. The second-order valence-electron chi connectivity index (χ2n) is 4.93. The summed E-state index contributed by atoms with van der Waals surface area (Å²) in [5, 5.41) is 0.405. The zero-order valence-corrected chi connectivity index (χ0v) is 14.6. The molecule has 1 heterocycles. The third-order valence-corrected chi connectivity index (χ3v) is 5.55. The molecule has 0 saturated carbocycles. The van der Waals surface area contributed by atoms with Crippen LogP contribution in [0.1, 0.15) is 23.1 Å². The van der Waals surface area contributed by atoms with Gasteiger partial charge in [0, 0.05) is 4.88 Å². The maximum Gasteiger partial charge on any atom is 0.237 e. The molecule has 7 heteroatoms. The molecular weight excluding hydrogens is 320 g/mol. The van der Waals surface area contributed by atoms with Gasteiger partial charge in [-0.3, -0.25) is 4.72 Å². The standard InChI is InChI=1S/C15H20N2O3S2/c1-4-13-5-7-14(8-6-13)20-9-10-22(18,19)17-15-16-11(2)12(3)21-15/h5-8H,4,9-10H2,1-3H3,(H,16,17). The molecule has 0 aliphatic carbocycles. The van der Waals surface area contributed by atoms with Crippen molar-refractivity contribution in [3.05, 3.63) is 40.4 Å². The Hall–Kier alpha value is -1.60. The van der Waals surface area contributed by atoms with Crippen LogP contribution in [-0.4, -0.2) is 25.8 Å². The summed E-state index contributed by atoms with van der Waals surface area (Å²) in [4.78, 5) is 5.17. The lowest BCUT2D eigenvalue weighted by Crippen LogP contribution is -2.21. The van der Waals surface area contributed by atoms with Crippen molar-refractivity contribution in [2.75, 3.05) is 17.1 Å². The SMILES string of the molecule is CCc1ccc(OCCS(=O)(=O)Nc2nc(C)c(C)s2)cc1. The molecule has 22 heavy (non-hydrogen) atoms. The van der Waals surface area contributed by atoms with Gasteiger partial charge in [-0.15, -0.1) is 11.3 Å². The Morgan fingerprint density at radius 2 is 1.91 bits per heavy atom. The van der Waals surface area contributed by atoms with Crippen LogP contribution in [0.15, 0.2) is 24.3 Å². The average molecular weight is 340 g/mol. The number of nitrogens with zero attached hydrogens (tertiary/aromatic N) is 1. The molecule has 0 amide bonds. The van der Waals surface area contributed by atoms with Crippen molar-refractivity contribution in [3.63, 3.8) is 0 Å². The van der Waals surface area contributed by atoms with E-state index in [0.29, 0.717) is 10.9 Å². The first kappa shape index (κ1) is 16.8. The molecule has 0 radical (unpaired) electrons. The summed E-state index contributed by atoms with van der Waals surface area (Å²) in [7, 11) is -3.45. The quantitative estimate of drug-likeness (QED) is 0.841. The second kappa shape index (κ2) is 7.11. The molecule has 0 aliphatic heterocycles. The van der Waals surface area contributed by atoms with E-state index in [4.69, 9.17) is 4.74 Å². The van der Waals surface area contributed by atoms with Crippen LogP contribution in [0.2, 0.25) is 0 Å². The van der Waals surface area contributed by atoms with Crippen LogP contribution in [0.5, 0.6) is 5.75 Å². The van der Waals surface area contributed by atoms with Gasteiger partial charge in [0.25, 0.3) is 0 Å². The van der Waals surface area contributed by atoms with Gasteiger partial charge in [-0.25, -0.2) is 13.4 Å². The monoisotopic (exact) mass is 340 g/mol. The number of benzene rings is 1. The first-order valence-corrected chi connectivity index (χ1v) is 9.53. The molecule has 0 aliphatic rings. The molecule has 0 fully saturated rings. The number of thiazole rings is 1. The Kier molecular flexibility index (Phi) is 5.42. The summed E-state index contributed by atoms with van der Waals surface area (Å²) < 4.78 is 31.9. The Labute approximate surface area is 135 Å². The van der Waals surface area contributed by atoms with Crippen LogP contribution in [0.3, 0.4) is 0 Å². The van der Waals surface area contributed by atoms with Crippen molar-refractivity contribution in [3.8, 4) is 5.75 Å². The molecule has 0 atom stereocenters. The third-order valence-electron chi connectivity index (χ3n) is 3.22. The maximum atomic E-state index is 12.0. The highest BCUT2D eigenvalue weighted by Gasteiger charge is 2.14. The Morgan fingerprint density at radius 1 is 1.23 bits per heavy atom. The van der Waals surface area contributed by atoms with Gasteiger partial charge in [0.05, 0.1) is 5.69 Å². The van der Waals surface area contributed by atoms with Crippen molar-refractivity contribution < 1.29 is 13.2 Å². The summed E-state index contributed by atoms with van der Waals surface area (Å²) in [6.07, 6.45) is 0.964. The van der Waals surface area contributed by atoms with Gasteiger partial charge in [0.2, 0.25) is 10.0 Å². The van der Waals surface area contributed by atoms with Gasteiger partial charge >= 0.3 is 0 Å². The van der Waals surface area contributed by atoms with E-state index >= 15 is 0 Å². The molecule has 0 spiro atoms. The first-order chi connectivity index (χ1) is 10.4. The van der Waals surface area contributed by atoms with Crippen molar-refractivity contribution in [1.82, 2.24) is 4.98 Å². The molecule has 120 valence electrons. The average Bonchev–Trinajstić information content (AvgIpc) is 2.77. The number of anilines is 1. The fraction of sp³-hybridized carbons (Fsp3) is 0.400. The van der Waals surface area contributed by atoms with E-state index in [1.807, 2.05) is 38.1 Å².